The summed E-state index contributed by atoms with van der Waals surface area (Å²) >= 11 is 0. The number of aromatic nitrogens is 3. The fourth-order valence-corrected chi connectivity index (χ4v) is 3.66. The van der Waals surface area contributed by atoms with Gasteiger partial charge in [-0.05, 0) is 37.5 Å². The second kappa shape index (κ2) is 9.69. The van der Waals surface area contributed by atoms with Gasteiger partial charge in [0.05, 0.1) is 10.9 Å². The Bertz CT molecular complexity index is 1180. The number of carbonyl (C=O) groups is 1. The number of fused-ring (bicyclic) bond motifs is 2. The summed E-state index contributed by atoms with van der Waals surface area (Å²) in [7, 11) is 0. The number of unbranched alkanes of at least 4 members (excludes halogenated alkanes) is 4. The normalized spacial score (nSPS) is 11.3. The van der Waals surface area contributed by atoms with Crippen LogP contribution in [0.4, 0.5) is 0 Å². The van der Waals surface area contributed by atoms with Gasteiger partial charge in [-0.15, -0.1) is 0 Å². The van der Waals surface area contributed by atoms with Crippen molar-refractivity contribution in [3.05, 3.63) is 51.4 Å². The van der Waals surface area contributed by atoms with Gasteiger partial charge in [-0.2, -0.15) is 0 Å². The van der Waals surface area contributed by atoms with Crippen LogP contribution in [0.5, 0.6) is 0 Å². The number of hydrogen-bond donors (Lipinski definition) is 2. The van der Waals surface area contributed by atoms with E-state index in [0.717, 1.165) is 44.1 Å². The Morgan fingerprint density at radius 2 is 1.90 bits per heavy atom. The maximum atomic E-state index is 13.2. The second-order valence-electron chi connectivity index (χ2n) is 7.77. The smallest absolute Gasteiger partial charge is 0.267 e. The van der Waals surface area contributed by atoms with Crippen LogP contribution < -0.4 is 16.4 Å². The van der Waals surface area contributed by atoms with Gasteiger partial charge in [0.2, 0.25) is 0 Å². The number of hydrogen-bond acceptors (Lipinski definition) is 4. The van der Waals surface area contributed by atoms with Gasteiger partial charge in [0.1, 0.15) is 16.8 Å². The number of carbonyl (C=O) groups excluding carboxylic acids is 1. The molecular weight excluding hydrogens is 378 g/mol. The third-order valence-corrected chi connectivity index (χ3v) is 5.43. The summed E-state index contributed by atoms with van der Waals surface area (Å²) in [4.78, 5) is 30.7. The zero-order chi connectivity index (χ0) is 21.7. The van der Waals surface area contributed by atoms with Crippen molar-refractivity contribution in [3.8, 4) is 0 Å². The largest absolute Gasteiger partial charge is 0.352 e. The highest BCUT2D eigenvalue weighted by molar-refractivity contribution is 5.96. The van der Waals surface area contributed by atoms with E-state index in [4.69, 9.17) is 10.4 Å². The summed E-state index contributed by atoms with van der Waals surface area (Å²) in [5.41, 5.74) is 2.06. The summed E-state index contributed by atoms with van der Waals surface area (Å²) in [5.74, 6) is -0.314. The van der Waals surface area contributed by atoms with Gasteiger partial charge < -0.3 is 9.88 Å². The molecule has 0 fully saturated rings. The van der Waals surface area contributed by atoms with E-state index in [2.05, 4.69) is 19.2 Å². The van der Waals surface area contributed by atoms with Crippen LogP contribution in [0.15, 0.2) is 29.2 Å². The standard InChI is InChI=1S/C23H31N5O2/c1-4-6-8-9-13-27-19(24)17(22(29)25-12-7-5-2)15-18-21(27)26-20-16(3)11-10-14-28(20)23(18)30/h10-11,14-15,24H,4-9,12-13H2,1-3H3,(H,25,29). The molecule has 2 N–H and O–H groups in total. The van der Waals surface area contributed by atoms with Crippen LogP contribution >= 0.6 is 0 Å². The first-order chi connectivity index (χ1) is 14.5. The molecule has 0 aromatic carbocycles. The van der Waals surface area contributed by atoms with E-state index in [1.54, 1.807) is 10.8 Å². The van der Waals surface area contributed by atoms with Crippen molar-refractivity contribution < 1.29 is 4.79 Å². The predicted molar refractivity (Wildman–Crippen MR) is 119 cm³/mol. The van der Waals surface area contributed by atoms with E-state index in [-0.39, 0.29) is 22.5 Å². The molecule has 3 heterocycles. The van der Waals surface area contributed by atoms with Gasteiger partial charge in [-0.3, -0.25) is 19.4 Å². The van der Waals surface area contributed by atoms with Crippen molar-refractivity contribution in [2.75, 3.05) is 6.54 Å². The molecule has 0 aliphatic rings. The molecule has 160 valence electrons. The lowest BCUT2D eigenvalue weighted by Gasteiger charge is -2.15. The molecular formula is C23H31N5O2. The Labute approximate surface area is 176 Å². The monoisotopic (exact) mass is 409 g/mol. The minimum atomic E-state index is -0.314. The Morgan fingerprint density at radius 3 is 2.63 bits per heavy atom. The Balaban J connectivity index is 2.21. The topological polar surface area (TPSA) is 92.2 Å². The van der Waals surface area contributed by atoms with E-state index < -0.39 is 0 Å². The number of nitrogens with one attached hydrogen (secondary N) is 2. The quantitative estimate of drug-likeness (QED) is 0.418. The van der Waals surface area contributed by atoms with Crippen molar-refractivity contribution in [2.24, 2.45) is 0 Å². The fourth-order valence-electron chi connectivity index (χ4n) is 3.66. The zero-order valence-corrected chi connectivity index (χ0v) is 18.1. The molecule has 1 amide bonds. The van der Waals surface area contributed by atoms with E-state index in [9.17, 15) is 9.59 Å². The maximum Gasteiger partial charge on any atom is 0.267 e. The molecule has 30 heavy (non-hydrogen) atoms. The van der Waals surface area contributed by atoms with Crippen LogP contribution in [0.25, 0.3) is 16.7 Å². The Morgan fingerprint density at radius 1 is 1.13 bits per heavy atom. The van der Waals surface area contributed by atoms with E-state index in [1.807, 2.05) is 19.1 Å². The number of pyridine rings is 2. The van der Waals surface area contributed by atoms with Gasteiger partial charge in [0.15, 0.2) is 0 Å². The number of aryl methyl sites for hydroxylation is 2. The summed E-state index contributed by atoms with van der Waals surface area (Å²) in [6.07, 6.45) is 7.66. The molecule has 0 spiro atoms. The maximum absolute atomic E-state index is 13.2. The molecule has 3 aromatic heterocycles. The van der Waals surface area contributed by atoms with Crippen molar-refractivity contribution in [2.45, 2.75) is 65.8 Å². The number of amides is 1. The first kappa shape index (κ1) is 21.7. The van der Waals surface area contributed by atoms with Crippen molar-refractivity contribution in [1.29, 1.82) is 5.41 Å². The summed E-state index contributed by atoms with van der Waals surface area (Å²) < 4.78 is 3.25. The molecule has 0 radical (unpaired) electrons. The Hall–Kier alpha value is -2.96. The van der Waals surface area contributed by atoms with Crippen molar-refractivity contribution in [1.82, 2.24) is 19.3 Å². The average Bonchev–Trinajstić information content (AvgIpc) is 2.73. The fraction of sp³-hybridized carbons (Fsp3) is 0.478. The molecule has 0 unspecified atom stereocenters. The lowest BCUT2D eigenvalue weighted by molar-refractivity contribution is 0.0950. The first-order valence-electron chi connectivity index (χ1n) is 10.9. The van der Waals surface area contributed by atoms with Crippen LogP contribution in [0.2, 0.25) is 0 Å². The molecule has 0 atom stereocenters. The highest BCUT2D eigenvalue weighted by Gasteiger charge is 2.17. The zero-order valence-electron chi connectivity index (χ0n) is 18.1. The molecule has 3 rings (SSSR count). The molecule has 0 saturated carbocycles. The third-order valence-electron chi connectivity index (χ3n) is 5.43. The highest BCUT2D eigenvalue weighted by Crippen LogP contribution is 2.14. The lowest BCUT2D eigenvalue weighted by Crippen LogP contribution is -2.35. The highest BCUT2D eigenvalue weighted by atomic mass is 16.1. The number of rotatable bonds is 9. The minimum Gasteiger partial charge on any atom is -0.352 e. The predicted octanol–water partition coefficient (Wildman–Crippen LogP) is 3.55. The number of nitrogens with zero attached hydrogens (tertiary/aromatic N) is 3. The van der Waals surface area contributed by atoms with Crippen LogP contribution in [-0.4, -0.2) is 26.4 Å². The van der Waals surface area contributed by atoms with E-state index in [0.29, 0.717) is 29.8 Å². The van der Waals surface area contributed by atoms with Gasteiger partial charge in [-0.25, -0.2) is 4.98 Å². The SMILES string of the molecule is CCCCCCn1c(=N)c(C(=O)NCCCC)cc2c(=O)n3cccc(C)c3nc21. The van der Waals surface area contributed by atoms with Gasteiger partial charge in [0.25, 0.3) is 11.5 Å². The van der Waals surface area contributed by atoms with Crippen LogP contribution in [0, 0.1) is 12.3 Å². The molecule has 0 aliphatic carbocycles. The average molecular weight is 410 g/mol. The van der Waals surface area contributed by atoms with Crippen LogP contribution in [0.3, 0.4) is 0 Å². The van der Waals surface area contributed by atoms with E-state index in [1.165, 1.54) is 10.5 Å². The summed E-state index contributed by atoms with van der Waals surface area (Å²) in [6, 6.07) is 5.26. The molecule has 7 nitrogen and oxygen atoms in total. The second-order valence-corrected chi connectivity index (χ2v) is 7.77. The molecule has 3 aromatic rings. The molecule has 0 saturated heterocycles. The molecule has 0 aliphatic heterocycles. The van der Waals surface area contributed by atoms with Crippen molar-refractivity contribution in [3.63, 3.8) is 0 Å². The summed E-state index contributed by atoms with van der Waals surface area (Å²) in [6.45, 7) is 7.23. The van der Waals surface area contributed by atoms with Gasteiger partial charge >= 0.3 is 0 Å². The lowest BCUT2D eigenvalue weighted by atomic mass is 10.1. The summed E-state index contributed by atoms with van der Waals surface area (Å²) in [5, 5.41) is 11.9. The van der Waals surface area contributed by atoms with Crippen LogP contribution in [0.1, 0.15) is 68.3 Å². The van der Waals surface area contributed by atoms with Gasteiger partial charge in [-0.1, -0.05) is 45.6 Å². The van der Waals surface area contributed by atoms with Crippen molar-refractivity contribution >= 4 is 22.6 Å². The molecule has 0 bridgehead atoms. The molecule has 7 heteroatoms. The van der Waals surface area contributed by atoms with Crippen LogP contribution in [-0.2, 0) is 6.54 Å². The Kier molecular flexibility index (Phi) is 7.03. The first-order valence-corrected chi connectivity index (χ1v) is 10.9. The third kappa shape index (κ3) is 4.30. The van der Waals surface area contributed by atoms with Gasteiger partial charge in [0, 0.05) is 19.3 Å². The minimum absolute atomic E-state index is 0.109. The van der Waals surface area contributed by atoms with E-state index >= 15 is 0 Å².